The van der Waals surface area contributed by atoms with Crippen LogP contribution in [0, 0.1) is 0 Å². The number of rotatable bonds is 7. The number of hydrogen-bond acceptors (Lipinski definition) is 11. The number of anilines is 1. The number of ether oxygens (including phenoxy) is 3. The molecule has 1 aromatic heterocycles. The highest BCUT2D eigenvalue weighted by atomic mass is 16.6. The zero-order chi connectivity index (χ0) is 31.7. The third-order valence-corrected chi connectivity index (χ3v) is 5.61. The summed E-state index contributed by atoms with van der Waals surface area (Å²) in [5.74, 6) is 0.188. The van der Waals surface area contributed by atoms with Crippen LogP contribution in [0.2, 0.25) is 0 Å². The lowest BCUT2D eigenvalue weighted by molar-refractivity contribution is -0.138. The summed E-state index contributed by atoms with van der Waals surface area (Å²) in [7, 11) is 0. The van der Waals surface area contributed by atoms with Crippen LogP contribution < -0.4 is 4.90 Å². The van der Waals surface area contributed by atoms with Crippen LogP contribution >= 0.6 is 0 Å². The Hall–Kier alpha value is -4.07. The Morgan fingerprint density at radius 2 is 1.67 bits per heavy atom. The average Bonchev–Trinajstić information content (AvgIpc) is 2.90. The lowest BCUT2D eigenvalue weighted by atomic mass is 10.2. The Morgan fingerprint density at radius 3 is 2.14 bits per heavy atom. The number of aliphatic imine (C=N–C) groups is 2. The number of hydrogen-bond donors (Lipinski definition) is 1. The largest absolute Gasteiger partial charge is 0.463 e. The van der Waals surface area contributed by atoms with Crippen molar-refractivity contribution in [2.45, 2.75) is 79.2 Å². The van der Waals surface area contributed by atoms with Crippen LogP contribution in [0.25, 0.3) is 0 Å². The van der Waals surface area contributed by atoms with Crippen molar-refractivity contribution in [1.82, 2.24) is 19.8 Å². The van der Waals surface area contributed by atoms with Gasteiger partial charge in [-0.15, -0.1) is 0 Å². The van der Waals surface area contributed by atoms with Gasteiger partial charge in [0.25, 0.3) is 0 Å². The van der Waals surface area contributed by atoms with Crippen LogP contribution in [0.5, 0.6) is 0 Å². The van der Waals surface area contributed by atoms with E-state index in [1.54, 1.807) is 60.3 Å². The molecule has 0 aromatic carbocycles. The van der Waals surface area contributed by atoms with E-state index in [1.807, 2.05) is 4.90 Å². The summed E-state index contributed by atoms with van der Waals surface area (Å²) in [6, 6.07) is -0.405. The first-order chi connectivity index (χ1) is 19.6. The zero-order valence-corrected chi connectivity index (χ0v) is 25.8. The molecule has 1 atom stereocenters. The van der Waals surface area contributed by atoms with Crippen molar-refractivity contribution in [3.8, 4) is 0 Å². The molecule has 2 heterocycles. The molecule has 1 aliphatic rings. The summed E-state index contributed by atoms with van der Waals surface area (Å²) in [5, 5.41) is 10.1. The lowest BCUT2D eigenvalue weighted by Gasteiger charge is -2.41. The van der Waals surface area contributed by atoms with Gasteiger partial charge in [-0.2, -0.15) is 0 Å². The Labute approximate surface area is 247 Å². The zero-order valence-electron chi connectivity index (χ0n) is 25.8. The highest BCUT2D eigenvalue weighted by molar-refractivity contribution is 5.90. The number of piperazine rings is 1. The number of amides is 2. The number of aliphatic hydroxyl groups excluding tert-OH is 1. The quantitative estimate of drug-likeness (QED) is 0.164. The van der Waals surface area contributed by atoms with Crippen molar-refractivity contribution in [1.29, 1.82) is 0 Å². The summed E-state index contributed by atoms with van der Waals surface area (Å²) in [4.78, 5) is 59.2. The summed E-state index contributed by atoms with van der Waals surface area (Å²) in [6.07, 6.45) is 2.71. The summed E-state index contributed by atoms with van der Waals surface area (Å²) >= 11 is 0. The van der Waals surface area contributed by atoms with Crippen molar-refractivity contribution in [2.75, 3.05) is 37.7 Å². The number of guanidine groups is 1. The van der Waals surface area contributed by atoms with E-state index in [0.29, 0.717) is 36.7 Å². The van der Waals surface area contributed by atoms with E-state index in [2.05, 4.69) is 26.7 Å². The third-order valence-electron chi connectivity index (χ3n) is 5.61. The summed E-state index contributed by atoms with van der Waals surface area (Å²) in [6.45, 7) is 18.3. The van der Waals surface area contributed by atoms with Crippen molar-refractivity contribution >= 4 is 36.8 Å². The second-order valence-electron chi connectivity index (χ2n) is 11.5. The Bertz CT molecular complexity index is 1140. The molecule has 232 valence electrons. The highest BCUT2D eigenvalue weighted by Gasteiger charge is 2.32. The molecular formula is C28H43N7O7. The molecule has 2 amide bonds. The first kappa shape index (κ1) is 34.1. The maximum Gasteiger partial charge on any atom is 0.420 e. The van der Waals surface area contributed by atoms with E-state index < -0.39 is 35.4 Å². The molecule has 0 unspecified atom stereocenters. The summed E-state index contributed by atoms with van der Waals surface area (Å²) in [5.41, 5.74) is -0.834. The van der Waals surface area contributed by atoms with Gasteiger partial charge in [0.2, 0.25) is 11.9 Å². The lowest BCUT2D eigenvalue weighted by Crippen LogP contribution is -2.56. The van der Waals surface area contributed by atoms with Crippen molar-refractivity contribution in [3.05, 3.63) is 29.7 Å². The van der Waals surface area contributed by atoms with Crippen LogP contribution in [0.3, 0.4) is 0 Å². The molecule has 1 N–H and O–H groups in total. The molecule has 0 saturated carbocycles. The molecule has 0 radical (unpaired) electrons. The second kappa shape index (κ2) is 14.7. The molecule has 1 aromatic rings. The van der Waals surface area contributed by atoms with E-state index >= 15 is 0 Å². The van der Waals surface area contributed by atoms with Crippen LogP contribution in [0.1, 0.15) is 61.0 Å². The van der Waals surface area contributed by atoms with Crippen LogP contribution in [0.15, 0.2) is 34.2 Å². The Balaban J connectivity index is 2.17. The molecule has 0 spiro atoms. The van der Waals surface area contributed by atoms with Crippen LogP contribution in [-0.2, 0) is 25.5 Å². The number of aromatic nitrogens is 2. The van der Waals surface area contributed by atoms with E-state index in [-0.39, 0.29) is 25.7 Å². The summed E-state index contributed by atoms with van der Waals surface area (Å²) < 4.78 is 15.8. The van der Waals surface area contributed by atoms with E-state index in [9.17, 15) is 19.5 Å². The van der Waals surface area contributed by atoms with Crippen molar-refractivity contribution in [3.63, 3.8) is 0 Å². The minimum absolute atomic E-state index is 0.152. The molecule has 14 nitrogen and oxygen atoms in total. The Kier molecular flexibility index (Phi) is 12.0. The van der Waals surface area contributed by atoms with Gasteiger partial charge in [0.15, 0.2) is 0 Å². The fraction of sp³-hybridized carbons (Fsp3) is 0.607. The van der Waals surface area contributed by atoms with Gasteiger partial charge in [-0.1, -0.05) is 0 Å². The monoisotopic (exact) mass is 589 g/mol. The smallest absolute Gasteiger partial charge is 0.420 e. The highest BCUT2D eigenvalue weighted by Crippen LogP contribution is 2.19. The van der Waals surface area contributed by atoms with Gasteiger partial charge in [0.1, 0.15) is 11.2 Å². The molecule has 2 rings (SSSR count). The van der Waals surface area contributed by atoms with Gasteiger partial charge >= 0.3 is 18.2 Å². The predicted molar refractivity (Wildman–Crippen MR) is 157 cm³/mol. The number of carbonyl (C=O) groups is 3. The Morgan fingerprint density at radius 1 is 1.10 bits per heavy atom. The second-order valence-corrected chi connectivity index (χ2v) is 11.5. The molecule has 14 heteroatoms. The van der Waals surface area contributed by atoms with Gasteiger partial charge in [-0.25, -0.2) is 39.2 Å². The van der Waals surface area contributed by atoms with E-state index in [4.69, 9.17) is 14.2 Å². The average molecular weight is 590 g/mol. The van der Waals surface area contributed by atoms with Crippen molar-refractivity contribution < 1.29 is 33.7 Å². The first-order valence-corrected chi connectivity index (χ1v) is 13.6. The third kappa shape index (κ3) is 10.4. The fourth-order valence-electron chi connectivity index (χ4n) is 3.73. The molecule has 42 heavy (non-hydrogen) atoms. The van der Waals surface area contributed by atoms with Gasteiger partial charge in [0, 0.05) is 43.8 Å². The van der Waals surface area contributed by atoms with E-state index in [0.717, 1.165) is 4.90 Å². The molecule has 0 bridgehead atoms. The number of aliphatic hydroxyl groups is 1. The predicted octanol–water partition coefficient (Wildman–Crippen LogP) is 3.16. The first-order valence-electron chi connectivity index (χ1n) is 13.6. The number of carbonyl (C=O) groups excluding carboxylic acids is 3. The maximum absolute atomic E-state index is 12.8. The van der Waals surface area contributed by atoms with Crippen molar-refractivity contribution in [2.24, 2.45) is 9.98 Å². The maximum atomic E-state index is 12.8. The fourth-order valence-corrected chi connectivity index (χ4v) is 3.73. The van der Waals surface area contributed by atoms with Gasteiger partial charge in [-0.3, -0.25) is 0 Å². The number of imide groups is 1. The molecular weight excluding hydrogens is 546 g/mol. The number of esters is 1. The topological polar surface area (TPSA) is 159 Å². The molecule has 1 fully saturated rings. The van der Waals surface area contributed by atoms with Crippen LogP contribution in [0.4, 0.5) is 15.5 Å². The van der Waals surface area contributed by atoms with Gasteiger partial charge in [-0.05, 0) is 62.1 Å². The minimum atomic E-state index is -0.844. The standard InChI is InChI=1S/C28H43N7O7/c1-10-40-22(37)19(2)13-30-23(29-9)34-12-11-33(17-21(34)18-36)24-31-14-20(15-32-24)16-35(25(38)41-27(3,4)5)26(39)42-28(6,7)8/h13-15,21,36H,9-12,16-18H2,1-8H3/b19-13+,30-23?/t21-/m1/s1. The minimum Gasteiger partial charge on any atom is -0.463 e. The molecule has 0 aliphatic carbocycles. The SMILES string of the molecule is C=NC(=N/C=C(\C)C(=O)OCC)N1CCN(c2ncc(CN(C(=O)OC(C)(C)C)C(=O)OC(C)(C)C)cn2)C[C@@H]1CO. The van der Waals surface area contributed by atoms with Gasteiger partial charge < -0.3 is 29.1 Å². The number of nitrogens with zero attached hydrogens (tertiary/aromatic N) is 7. The molecule has 1 aliphatic heterocycles. The van der Waals surface area contributed by atoms with E-state index in [1.165, 1.54) is 18.6 Å². The van der Waals surface area contributed by atoms with Crippen LogP contribution in [-0.4, -0.2) is 106 Å². The normalized spacial score (nSPS) is 16.5. The molecule has 1 saturated heterocycles. The van der Waals surface area contributed by atoms with Gasteiger partial charge in [0.05, 0.1) is 31.4 Å².